The first-order chi connectivity index (χ1) is 17.5. The first-order valence-corrected chi connectivity index (χ1v) is 13.0. The molecule has 1 aromatic heterocycles. The molecule has 1 N–H and O–H groups in total. The van der Waals surface area contributed by atoms with Crippen LogP contribution < -0.4 is 19.7 Å². The van der Waals surface area contributed by atoms with Crippen molar-refractivity contribution in [1.29, 1.82) is 0 Å². The number of halogens is 1. The van der Waals surface area contributed by atoms with Gasteiger partial charge in [0.25, 0.3) is 0 Å². The zero-order valence-corrected chi connectivity index (χ0v) is 21.4. The molecular weight excluding hydrogens is 479 g/mol. The number of benzene rings is 2. The first-order valence-electron chi connectivity index (χ1n) is 12.1. The fourth-order valence-corrected chi connectivity index (χ4v) is 5.37. The first kappa shape index (κ1) is 25.7. The molecule has 2 aromatic carbocycles. The van der Waals surface area contributed by atoms with Crippen LogP contribution in [0, 0.1) is 5.82 Å². The Bertz CT molecular complexity index is 1180. The molecular formula is C28H31FN2O4S. The van der Waals surface area contributed by atoms with E-state index in [2.05, 4.69) is 5.32 Å². The Morgan fingerprint density at radius 3 is 2.47 bits per heavy atom. The van der Waals surface area contributed by atoms with Gasteiger partial charge in [0, 0.05) is 16.6 Å². The molecule has 1 aliphatic carbocycles. The minimum atomic E-state index is -1.03. The molecule has 0 radical (unpaired) electrons. The summed E-state index contributed by atoms with van der Waals surface area (Å²) in [6, 6.07) is 13.7. The highest BCUT2D eigenvalue weighted by atomic mass is 32.1. The van der Waals surface area contributed by atoms with Gasteiger partial charge in [0.15, 0.2) is 11.5 Å². The van der Waals surface area contributed by atoms with Crippen molar-refractivity contribution in [3.8, 4) is 11.5 Å². The Kier molecular flexibility index (Phi) is 8.59. The van der Waals surface area contributed by atoms with Gasteiger partial charge in [0.2, 0.25) is 11.8 Å². The van der Waals surface area contributed by atoms with E-state index in [1.807, 2.05) is 17.5 Å². The maximum absolute atomic E-state index is 14.4. The molecule has 8 heteroatoms. The maximum atomic E-state index is 14.4. The molecule has 36 heavy (non-hydrogen) atoms. The summed E-state index contributed by atoms with van der Waals surface area (Å²) < 4.78 is 25.2. The topological polar surface area (TPSA) is 67.9 Å². The van der Waals surface area contributed by atoms with Crippen molar-refractivity contribution in [3.63, 3.8) is 0 Å². The van der Waals surface area contributed by atoms with Gasteiger partial charge in [-0.3, -0.25) is 14.5 Å². The quantitative estimate of drug-likeness (QED) is 0.403. The summed E-state index contributed by atoms with van der Waals surface area (Å²) in [4.78, 5) is 30.0. The number of nitrogens with one attached hydrogen (secondary N) is 1. The molecule has 4 rings (SSSR count). The molecule has 0 saturated heterocycles. The van der Waals surface area contributed by atoms with Crippen LogP contribution in [0.4, 0.5) is 10.1 Å². The van der Waals surface area contributed by atoms with Crippen molar-refractivity contribution in [1.82, 2.24) is 5.32 Å². The van der Waals surface area contributed by atoms with Crippen molar-refractivity contribution >= 4 is 28.8 Å². The van der Waals surface area contributed by atoms with Gasteiger partial charge in [-0.2, -0.15) is 0 Å². The lowest BCUT2D eigenvalue weighted by Gasteiger charge is -2.33. The van der Waals surface area contributed by atoms with Crippen LogP contribution in [0.25, 0.3) is 0 Å². The van der Waals surface area contributed by atoms with E-state index in [0.717, 1.165) is 37.0 Å². The molecule has 0 unspecified atom stereocenters. The number of carbonyl (C=O) groups is 2. The molecule has 3 aromatic rings. The van der Waals surface area contributed by atoms with Crippen LogP contribution in [0.3, 0.4) is 0 Å². The molecule has 1 saturated carbocycles. The van der Waals surface area contributed by atoms with Crippen LogP contribution in [0.2, 0.25) is 0 Å². The second kappa shape index (κ2) is 12.0. The summed E-state index contributed by atoms with van der Waals surface area (Å²) in [6.45, 7) is 0. The Labute approximate surface area is 215 Å². The van der Waals surface area contributed by atoms with Crippen LogP contribution in [0.1, 0.15) is 48.6 Å². The van der Waals surface area contributed by atoms with Crippen molar-refractivity contribution < 1.29 is 23.5 Å². The van der Waals surface area contributed by atoms with Gasteiger partial charge < -0.3 is 14.8 Å². The molecule has 0 bridgehead atoms. The number of hydrogen-bond acceptors (Lipinski definition) is 5. The van der Waals surface area contributed by atoms with E-state index >= 15 is 0 Å². The predicted octanol–water partition coefficient (Wildman–Crippen LogP) is 5.67. The number of carbonyl (C=O) groups excluding carboxylic acids is 2. The Balaban J connectivity index is 1.80. The van der Waals surface area contributed by atoms with E-state index in [1.165, 1.54) is 42.6 Å². The van der Waals surface area contributed by atoms with E-state index < -0.39 is 11.9 Å². The van der Waals surface area contributed by atoms with Gasteiger partial charge in [-0.1, -0.05) is 37.5 Å². The second-order valence-electron chi connectivity index (χ2n) is 8.86. The Morgan fingerprint density at radius 2 is 1.81 bits per heavy atom. The van der Waals surface area contributed by atoms with E-state index in [0.29, 0.717) is 22.7 Å². The number of methoxy groups -OCH3 is 2. The highest BCUT2D eigenvalue weighted by Crippen LogP contribution is 2.35. The normalized spacial score (nSPS) is 14.6. The van der Waals surface area contributed by atoms with Crippen LogP contribution in [-0.2, 0) is 16.0 Å². The minimum absolute atomic E-state index is 0.0376. The van der Waals surface area contributed by atoms with E-state index in [9.17, 15) is 14.0 Å². The third-order valence-electron chi connectivity index (χ3n) is 6.44. The lowest BCUT2D eigenvalue weighted by atomic mass is 9.94. The van der Waals surface area contributed by atoms with Crippen LogP contribution in [0.5, 0.6) is 11.5 Å². The van der Waals surface area contributed by atoms with Gasteiger partial charge >= 0.3 is 0 Å². The predicted molar refractivity (Wildman–Crippen MR) is 139 cm³/mol. The van der Waals surface area contributed by atoms with E-state index in [4.69, 9.17) is 9.47 Å². The molecule has 1 fully saturated rings. The molecule has 0 aliphatic heterocycles. The molecule has 1 heterocycles. The standard InChI is InChI=1S/C28H31FN2O4S/c1-34-24-14-13-19(16-25(24)35-2)27(28(33)30-21-9-4-3-5-10-21)31(22-11-6-8-20(29)17-22)26(32)18-23-12-7-15-36-23/h6-8,11-17,21,27H,3-5,9-10,18H2,1-2H3,(H,30,33)/t27-/m1/s1. The summed E-state index contributed by atoms with van der Waals surface area (Å²) in [5.74, 6) is -0.148. The van der Waals surface area contributed by atoms with E-state index in [-0.39, 0.29) is 24.3 Å². The fraction of sp³-hybridized carbons (Fsp3) is 0.357. The molecule has 1 atom stereocenters. The second-order valence-corrected chi connectivity index (χ2v) is 9.89. The summed E-state index contributed by atoms with van der Waals surface area (Å²) >= 11 is 1.46. The largest absolute Gasteiger partial charge is 0.493 e. The van der Waals surface area contributed by atoms with E-state index in [1.54, 1.807) is 30.3 Å². The molecule has 1 aliphatic rings. The van der Waals surface area contributed by atoms with Gasteiger partial charge in [0.05, 0.1) is 20.6 Å². The number of thiophene rings is 1. The summed E-state index contributed by atoms with van der Waals surface area (Å²) in [5.41, 5.74) is 0.861. The summed E-state index contributed by atoms with van der Waals surface area (Å²) in [5, 5.41) is 5.07. The minimum Gasteiger partial charge on any atom is -0.493 e. The number of amides is 2. The molecule has 6 nitrogen and oxygen atoms in total. The summed E-state index contributed by atoms with van der Waals surface area (Å²) in [7, 11) is 3.05. The average Bonchev–Trinajstić information content (AvgIpc) is 3.40. The zero-order valence-electron chi connectivity index (χ0n) is 20.5. The fourth-order valence-electron chi connectivity index (χ4n) is 4.68. The third-order valence-corrected chi connectivity index (χ3v) is 7.32. The van der Waals surface area contributed by atoms with Gasteiger partial charge in [-0.15, -0.1) is 11.3 Å². The Morgan fingerprint density at radius 1 is 1.03 bits per heavy atom. The highest BCUT2D eigenvalue weighted by Gasteiger charge is 2.35. The number of rotatable bonds is 9. The van der Waals surface area contributed by atoms with Gasteiger partial charge in [0.1, 0.15) is 11.9 Å². The molecule has 0 spiro atoms. The third kappa shape index (κ3) is 6.05. The summed E-state index contributed by atoms with van der Waals surface area (Å²) in [6.07, 6.45) is 5.14. The smallest absolute Gasteiger partial charge is 0.248 e. The number of anilines is 1. The van der Waals surface area contributed by atoms with Crippen LogP contribution in [0.15, 0.2) is 60.0 Å². The van der Waals surface area contributed by atoms with Gasteiger partial charge in [-0.25, -0.2) is 4.39 Å². The van der Waals surface area contributed by atoms with Gasteiger partial charge in [-0.05, 0) is 60.2 Å². The van der Waals surface area contributed by atoms with Crippen molar-refractivity contribution in [2.45, 2.75) is 50.6 Å². The molecule has 2 amide bonds. The highest BCUT2D eigenvalue weighted by molar-refractivity contribution is 7.10. The Hall–Kier alpha value is -3.39. The van der Waals surface area contributed by atoms with Crippen LogP contribution in [-0.4, -0.2) is 32.1 Å². The van der Waals surface area contributed by atoms with Crippen LogP contribution >= 0.6 is 11.3 Å². The maximum Gasteiger partial charge on any atom is 0.248 e. The van der Waals surface area contributed by atoms with Crippen molar-refractivity contribution in [2.75, 3.05) is 19.1 Å². The van der Waals surface area contributed by atoms with Crippen molar-refractivity contribution in [3.05, 3.63) is 76.2 Å². The lowest BCUT2D eigenvalue weighted by molar-refractivity contribution is -0.127. The zero-order chi connectivity index (χ0) is 25.5. The molecule has 190 valence electrons. The number of hydrogen-bond donors (Lipinski definition) is 1. The lowest BCUT2D eigenvalue weighted by Crippen LogP contribution is -2.47. The number of nitrogens with zero attached hydrogens (tertiary/aromatic N) is 1. The SMILES string of the molecule is COc1ccc([C@H](C(=O)NC2CCCCC2)N(C(=O)Cc2cccs2)c2cccc(F)c2)cc1OC. The van der Waals surface area contributed by atoms with Crippen molar-refractivity contribution in [2.24, 2.45) is 0 Å². The number of ether oxygens (including phenoxy) is 2. The average molecular weight is 511 g/mol. The monoisotopic (exact) mass is 510 g/mol.